The van der Waals surface area contributed by atoms with Crippen LogP contribution in [0.2, 0.25) is 0 Å². The first-order valence-electron chi connectivity index (χ1n) is 5.15. The summed E-state index contributed by atoms with van der Waals surface area (Å²) in [5, 5.41) is 0. The highest BCUT2D eigenvalue weighted by atomic mass is 16.5. The van der Waals surface area contributed by atoms with E-state index in [0.717, 1.165) is 11.3 Å². The molecule has 0 spiro atoms. The molecule has 0 aromatic heterocycles. The molecule has 3 N–H and O–H groups in total. The molecule has 0 atom stereocenters. The summed E-state index contributed by atoms with van der Waals surface area (Å²) >= 11 is 0. The first-order valence-corrected chi connectivity index (χ1v) is 5.15. The largest absolute Gasteiger partial charge is 0.466 e. The Kier molecular flexibility index (Phi) is 5.08. The van der Waals surface area contributed by atoms with E-state index in [-0.39, 0.29) is 12.4 Å². The zero-order valence-corrected chi connectivity index (χ0v) is 9.27. The number of hydrogen-bond acceptors (Lipinski definition) is 4. The molecule has 4 nitrogen and oxygen atoms in total. The molecule has 1 aromatic rings. The van der Waals surface area contributed by atoms with Crippen molar-refractivity contribution in [2.75, 3.05) is 12.0 Å². The second kappa shape index (κ2) is 6.63. The Morgan fingerprint density at radius 2 is 2.25 bits per heavy atom. The van der Waals surface area contributed by atoms with Crippen LogP contribution in [0.4, 0.5) is 5.69 Å². The Morgan fingerprint density at radius 3 is 2.94 bits per heavy atom. The topological polar surface area (TPSA) is 64.3 Å². The van der Waals surface area contributed by atoms with E-state index in [2.05, 4.69) is 5.43 Å². The molecule has 86 valence electrons. The molecule has 4 heteroatoms. The number of carbonyl (C=O) groups is 1. The second-order valence-corrected chi connectivity index (χ2v) is 3.14. The van der Waals surface area contributed by atoms with Gasteiger partial charge in [-0.3, -0.25) is 10.6 Å². The minimum atomic E-state index is -0.225. The highest BCUT2D eigenvalue weighted by Crippen LogP contribution is 2.15. The molecule has 0 bridgehead atoms. The fourth-order valence-electron chi connectivity index (χ4n) is 1.28. The van der Waals surface area contributed by atoms with Crippen LogP contribution in [0.15, 0.2) is 30.3 Å². The summed E-state index contributed by atoms with van der Waals surface area (Å²) < 4.78 is 4.81. The third kappa shape index (κ3) is 3.74. The summed E-state index contributed by atoms with van der Waals surface area (Å²) in [6.45, 7) is 2.20. The minimum Gasteiger partial charge on any atom is -0.466 e. The summed E-state index contributed by atoms with van der Waals surface area (Å²) in [7, 11) is 0. The van der Waals surface area contributed by atoms with Crippen molar-refractivity contribution < 1.29 is 9.53 Å². The van der Waals surface area contributed by atoms with Gasteiger partial charge in [0.05, 0.1) is 18.7 Å². The normalized spacial score (nSPS) is 10.4. The average molecular weight is 220 g/mol. The lowest BCUT2D eigenvalue weighted by Crippen LogP contribution is -2.07. The number of carbonyl (C=O) groups excluding carboxylic acids is 1. The van der Waals surface area contributed by atoms with Gasteiger partial charge in [0.25, 0.3) is 0 Å². The standard InChI is InChI=1S/C12H16N2O2/c1-2-16-12(15)9-5-7-10-6-3-4-8-11(10)14-13/h3-8,14H,2,9,13H2,1H3. The summed E-state index contributed by atoms with van der Waals surface area (Å²) in [6.07, 6.45) is 3.87. The molecule has 0 fully saturated rings. The second-order valence-electron chi connectivity index (χ2n) is 3.14. The number of esters is 1. The number of nitrogen functional groups attached to an aromatic ring is 1. The van der Waals surface area contributed by atoms with Crippen LogP contribution < -0.4 is 11.3 Å². The fourth-order valence-corrected chi connectivity index (χ4v) is 1.28. The van der Waals surface area contributed by atoms with E-state index in [0.29, 0.717) is 6.61 Å². The van der Waals surface area contributed by atoms with Gasteiger partial charge in [-0.05, 0) is 18.6 Å². The van der Waals surface area contributed by atoms with Crippen molar-refractivity contribution in [2.45, 2.75) is 13.3 Å². The lowest BCUT2D eigenvalue weighted by Gasteiger charge is -2.03. The van der Waals surface area contributed by atoms with Crippen molar-refractivity contribution in [3.8, 4) is 0 Å². The Morgan fingerprint density at radius 1 is 1.50 bits per heavy atom. The lowest BCUT2D eigenvalue weighted by molar-refractivity contribution is -0.142. The molecular weight excluding hydrogens is 204 g/mol. The maximum absolute atomic E-state index is 11.1. The van der Waals surface area contributed by atoms with E-state index < -0.39 is 0 Å². The van der Waals surface area contributed by atoms with Gasteiger partial charge in [0.2, 0.25) is 0 Å². The fraction of sp³-hybridized carbons (Fsp3) is 0.250. The SMILES string of the molecule is CCOC(=O)CC=Cc1ccccc1NN. The van der Waals surface area contributed by atoms with Crippen LogP contribution in [0.5, 0.6) is 0 Å². The Balaban J connectivity index is 2.58. The van der Waals surface area contributed by atoms with Crippen molar-refractivity contribution in [1.29, 1.82) is 0 Å². The van der Waals surface area contributed by atoms with Crippen LogP contribution in [-0.4, -0.2) is 12.6 Å². The molecule has 0 amide bonds. The predicted molar refractivity (Wildman–Crippen MR) is 64.5 cm³/mol. The number of anilines is 1. The van der Waals surface area contributed by atoms with E-state index in [9.17, 15) is 4.79 Å². The van der Waals surface area contributed by atoms with Gasteiger partial charge in [0.15, 0.2) is 0 Å². The average Bonchev–Trinajstić information content (AvgIpc) is 2.30. The maximum Gasteiger partial charge on any atom is 0.309 e. The molecule has 1 rings (SSSR count). The van der Waals surface area contributed by atoms with Gasteiger partial charge in [-0.25, -0.2) is 0 Å². The Bertz CT molecular complexity index is 375. The van der Waals surface area contributed by atoms with Crippen LogP contribution in [-0.2, 0) is 9.53 Å². The van der Waals surface area contributed by atoms with Crippen molar-refractivity contribution in [3.05, 3.63) is 35.9 Å². The molecular formula is C12H16N2O2. The zero-order chi connectivity index (χ0) is 11.8. The van der Waals surface area contributed by atoms with Gasteiger partial charge >= 0.3 is 5.97 Å². The molecule has 16 heavy (non-hydrogen) atoms. The molecule has 0 heterocycles. The molecule has 0 radical (unpaired) electrons. The van der Waals surface area contributed by atoms with Crippen molar-refractivity contribution >= 4 is 17.7 Å². The smallest absolute Gasteiger partial charge is 0.309 e. The van der Waals surface area contributed by atoms with Crippen LogP contribution >= 0.6 is 0 Å². The quantitative estimate of drug-likeness (QED) is 0.452. The van der Waals surface area contributed by atoms with E-state index in [1.54, 1.807) is 13.0 Å². The highest BCUT2D eigenvalue weighted by molar-refractivity contribution is 5.74. The number of para-hydroxylation sites is 1. The number of hydrogen-bond donors (Lipinski definition) is 2. The van der Waals surface area contributed by atoms with Gasteiger partial charge in [0.1, 0.15) is 0 Å². The van der Waals surface area contributed by atoms with Gasteiger partial charge < -0.3 is 10.2 Å². The molecule has 0 saturated heterocycles. The van der Waals surface area contributed by atoms with E-state index in [1.165, 1.54) is 0 Å². The molecule has 0 saturated carbocycles. The monoisotopic (exact) mass is 220 g/mol. The van der Waals surface area contributed by atoms with E-state index in [4.69, 9.17) is 10.6 Å². The van der Waals surface area contributed by atoms with Crippen LogP contribution in [0.1, 0.15) is 18.9 Å². The van der Waals surface area contributed by atoms with E-state index >= 15 is 0 Å². The minimum absolute atomic E-state index is 0.225. The van der Waals surface area contributed by atoms with Crippen molar-refractivity contribution in [2.24, 2.45) is 5.84 Å². The summed E-state index contributed by atoms with van der Waals surface area (Å²) in [6, 6.07) is 7.57. The Labute approximate surface area is 95.1 Å². The van der Waals surface area contributed by atoms with Gasteiger partial charge in [0, 0.05) is 0 Å². The highest BCUT2D eigenvalue weighted by Gasteiger charge is 1.98. The third-order valence-corrected chi connectivity index (χ3v) is 2.00. The predicted octanol–water partition coefficient (Wildman–Crippen LogP) is 1.94. The maximum atomic E-state index is 11.1. The summed E-state index contributed by atoms with van der Waals surface area (Å²) in [5.41, 5.74) is 4.35. The molecule has 1 aromatic carbocycles. The van der Waals surface area contributed by atoms with Gasteiger partial charge in [-0.15, -0.1) is 0 Å². The lowest BCUT2D eigenvalue weighted by atomic mass is 10.1. The van der Waals surface area contributed by atoms with Crippen molar-refractivity contribution in [3.63, 3.8) is 0 Å². The number of rotatable bonds is 5. The molecule has 0 aliphatic carbocycles. The van der Waals surface area contributed by atoms with E-state index in [1.807, 2.05) is 30.3 Å². The molecule has 0 aliphatic heterocycles. The van der Waals surface area contributed by atoms with Crippen LogP contribution in [0.25, 0.3) is 6.08 Å². The third-order valence-electron chi connectivity index (χ3n) is 2.00. The number of benzene rings is 1. The number of nitrogens with two attached hydrogens (primary N) is 1. The number of ether oxygens (including phenoxy) is 1. The van der Waals surface area contributed by atoms with Crippen LogP contribution in [0, 0.1) is 0 Å². The summed E-state index contributed by atoms with van der Waals surface area (Å²) in [5.74, 6) is 5.13. The first kappa shape index (κ1) is 12.3. The van der Waals surface area contributed by atoms with Crippen molar-refractivity contribution in [1.82, 2.24) is 0 Å². The van der Waals surface area contributed by atoms with Gasteiger partial charge in [-0.2, -0.15) is 0 Å². The number of nitrogens with one attached hydrogen (secondary N) is 1. The molecule has 0 unspecified atom stereocenters. The first-order chi connectivity index (χ1) is 7.77. The zero-order valence-electron chi connectivity index (χ0n) is 9.27. The number of hydrazine groups is 1. The van der Waals surface area contributed by atoms with Crippen LogP contribution in [0.3, 0.4) is 0 Å². The van der Waals surface area contributed by atoms with Gasteiger partial charge in [-0.1, -0.05) is 30.4 Å². The Hall–Kier alpha value is -1.81. The summed E-state index contributed by atoms with van der Waals surface area (Å²) in [4.78, 5) is 11.1. The molecule has 0 aliphatic rings.